The maximum absolute atomic E-state index is 12.7. The molecule has 0 saturated carbocycles. The van der Waals surface area contributed by atoms with Crippen molar-refractivity contribution in [2.75, 3.05) is 10.0 Å². The Morgan fingerprint density at radius 2 is 1.69 bits per heavy atom. The SMILES string of the molecule is Cc1ccccc1NC(=O)c1cccc(S(=O)(=O)Nc2cccc([N+](=O)[O-])c2)c1. The molecule has 148 valence electrons. The largest absolute Gasteiger partial charge is 0.322 e. The molecule has 29 heavy (non-hydrogen) atoms. The molecule has 0 aliphatic rings. The van der Waals surface area contributed by atoms with Gasteiger partial charge in [-0.2, -0.15) is 0 Å². The van der Waals surface area contributed by atoms with Gasteiger partial charge >= 0.3 is 0 Å². The Bertz CT molecular complexity index is 1190. The number of nitro benzene ring substituents is 1. The maximum Gasteiger partial charge on any atom is 0.271 e. The Balaban J connectivity index is 1.84. The summed E-state index contributed by atoms with van der Waals surface area (Å²) in [6.45, 7) is 1.85. The summed E-state index contributed by atoms with van der Waals surface area (Å²) >= 11 is 0. The number of anilines is 2. The second-order valence-corrected chi connectivity index (χ2v) is 7.89. The molecule has 8 nitrogen and oxygen atoms in total. The Kier molecular flexibility index (Phi) is 5.60. The Morgan fingerprint density at radius 1 is 0.966 bits per heavy atom. The van der Waals surface area contributed by atoms with Crippen molar-refractivity contribution in [3.05, 3.63) is 94.0 Å². The van der Waals surface area contributed by atoms with Crippen LogP contribution in [-0.2, 0) is 10.0 Å². The molecular formula is C20H17N3O5S. The van der Waals surface area contributed by atoms with Crippen LogP contribution >= 0.6 is 0 Å². The van der Waals surface area contributed by atoms with Crippen LogP contribution in [0, 0.1) is 17.0 Å². The van der Waals surface area contributed by atoms with Crippen LogP contribution in [0.1, 0.15) is 15.9 Å². The third-order valence-corrected chi connectivity index (χ3v) is 5.49. The van der Waals surface area contributed by atoms with Gasteiger partial charge in [0.05, 0.1) is 15.5 Å². The van der Waals surface area contributed by atoms with Crippen LogP contribution in [0.5, 0.6) is 0 Å². The van der Waals surface area contributed by atoms with Gasteiger partial charge in [0.2, 0.25) is 0 Å². The van der Waals surface area contributed by atoms with E-state index in [9.17, 15) is 23.3 Å². The molecule has 3 aromatic carbocycles. The van der Waals surface area contributed by atoms with E-state index in [1.807, 2.05) is 19.1 Å². The summed E-state index contributed by atoms with van der Waals surface area (Å²) < 4.78 is 27.6. The van der Waals surface area contributed by atoms with E-state index in [1.54, 1.807) is 12.1 Å². The summed E-state index contributed by atoms with van der Waals surface area (Å²) in [7, 11) is -4.05. The van der Waals surface area contributed by atoms with E-state index in [-0.39, 0.29) is 21.8 Å². The topological polar surface area (TPSA) is 118 Å². The minimum Gasteiger partial charge on any atom is -0.322 e. The van der Waals surface area contributed by atoms with E-state index in [0.717, 1.165) is 11.6 Å². The summed E-state index contributed by atoms with van der Waals surface area (Å²) in [6.07, 6.45) is 0. The number of hydrogen-bond donors (Lipinski definition) is 2. The van der Waals surface area contributed by atoms with Crippen molar-refractivity contribution in [1.82, 2.24) is 0 Å². The molecule has 0 saturated heterocycles. The van der Waals surface area contributed by atoms with Gasteiger partial charge in [0.1, 0.15) is 0 Å². The quantitative estimate of drug-likeness (QED) is 0.470. The number of nitrogens with zero attached hydrogens (tertiary/aromatic N) is 1. The highest BCUT2D eigenvalue weighted by atomic mass is 32.2. The van der Waals surface area contributed by atoms with Crippen LogP contribution in [0.3, 0.4) is 0 Å². The first-order valence-corrected chi connectivity index (χ1v) is 9.99. The molecule has 1 amide bonds. The van der Waals surface area contributed by atoms with Crippen LogP contribution in [-0.4, -0.2) is 19.2 Å². The van der Waals surface area contributed by atoms with Crippen molar-refractivity contribution in [2.24, 2.45) is 0 Å². The summed E-state index contributed by atoms with van der Waals surface area (Å²) in [4.78, 5) is 22.6. The fourth-order valence-corrected chi connectivity index (χ4v) is 3.70. The van der Waals surface area contributed by atoms with Crippen LogP contribution in [0.4, 0.5) is 17.1 Å². The molecule has 2 N–H and O–H groups in total. The number of sulfonamides is 1. The highest BCUT2D eigenvalue weighted by Gasteiger charge is 2.18. The van der Waals surface area contributed by atoms with Crippen molar-refractivity contribution in [3.63, 3.8) is 0 Å². The maximum atomic E-state index is 12.7. The molecule has 0 aliphatic heterocycles. The van der Waals surface area contributed by atoms with E-state index in [0.29, 0.717) is 5.69 Å². The third-order valence-electron chi connectivity index (χ3n) is 4.11. The lowest BCUT2D eigenvalue weighted by Gasteiger charge is -2.11. The molecule has 0 fully saturated rings. The smallest absolute Gasteiger partial charge is 0.271 e. The van der Waals surface area contributed by atoms with Crippen LogP contribution in [0.2, 0.25) is 0 Å². The average Bonchev–Trinajstić information content (AvgIpc) is 2.69. The Labute approximate surface area is 167 Å². The second kappa shape index (κ2) is 8.11. The lowest BCUT2D eigenvalue weighted by atomic mass is 10.1. The summed E-state index contributed by atoms with van der Waals surface area (Å²) in [6, 6.07) is 17.9. The van der Waals surface area contributed by atoms with E-state index < -0.39 is 20.9 Å². The van der Waals surface area contributed by atoms with Gasteiger partial charge in [-0.15, -0.1) is 0 Å². The molecule has 3 rings (SSSR count). The molecule has 3 aromatic rings. The molecule has 0 aliphatic carbocycles. The number of carbonyl (C=O) groups excluding carboxylic acids is 1. The number of amides is 1. The van der Waals surface area contributed by atoms with Crippen LogP contribution < -0.4 is 10.0 Å². The van der Waals surface area contributed by atoms with E-state index in [4.69, 9.17) is 0 Å². The van der Waals surface area contributed by atoms with Gasteiger partial charge in [-0.05, 0) is 42.8 Å². The van der Waals surface area contributed by atoms with Gasteiger partial charge in [-0.3, -0.25) is 19.6 Å². The Hall–Kier alpha value is -3.72. The highest BCUT2D eigenvalue weighted by Crippen LogP contribution is 2.22. The van der Waals surface area contributed by atoms with Gasteiger partial charge < -0.3 is 5.32 Å². The number of nitrogens with one attached hydrogen (secondary N) is 2. The molecule has 0 unspecified atom stereocenters. The summed E-state index contributed by atoms with van der Waals surface area (Å²) in [5, 5.41) is 13.6. The average molecular weight is 411 g/mol. The number of rotatable bonds is 6. The van der Waals surface area contributed by atoms with Crippen LogP contribution in [0.25, 0.3) is 0 Å². The monoisotopic (exact) mass is 411 g/mol. The molecule has 9 heteroatoms. The zero-order chi connectivity index (χ0) is 21.0. The number of nitro groups is 1. The van der Waals surface area contributed by atoms with Gasteiger partial charge in [-0.1, -0.05) is 30.3 Å². The zero-order valence-electron chi connectivity index (χ0n) is 15.3. The first kappa shape index (κ1) is 20.0. The molecule has 0 heterocycles. The number of para-hydroxylation sites is 1. The number of carbonyl (C=O) groups is 1. The normalized spacial score (nSPS) is 10.9. The molecule has 0 spiro atoms. The minimum absolute atomic E-state index is 0.0500. The van der Waals surface area contributed by atoms with E-state index >= 15 is 0 Å². The highest BCUT2D eigenvalue weighted by molar-refractivity contribution is 7.92. The fourth-order valence-electron chi connectivity index (χ4n) is 2.61. The fraction of sp³-hybridized carbons (Fsp3) is 0.0500. The van der Waals surface area contributed by atoms with E-state index in [2.05, 4.69) is 10.0 Å². The van der Waals surface area contributed by atoms with Gasteiger partial charge in [0.15, 0.2) is 0 Å². The van der Waals surface area contributed by atoms with Crippen molar-refractivity contribution in [1.29, 1.82) is 0 Å². The molecule has 0 bridgehead atoms. The second-order valence-electron chi connectivity index (χ2n) is 6.21. The predicted molar refractivity (Wildman–Crippen MR) is 109 cm³/mol. The molecule has 0 radical (unpaired) electrons. The lowest BCUT2D eigenvalue weighted by Crippen LogP contribution is -2.16. The standard InChI is InChI=1S/C20H17N3O5S/c1-14-6-2-3-11-19(14)21-20(24)15-7-4-10-18(12-15)29(27,28)22-16-8-5-9-17(13-16)23(25)26/h2-13,22H,1H3,(H,21,24). The van der Waals surface area contributed by atoms with Crippen molar-refractivity contribution < 1.29 is 18.1 Å². The first-order valence-electron chi connectivity index (χ1n) is 8.50. The number of hydrogen-bond acceptors (Lipinski definition) is 5. The van der Waals surface area contributed by atoms with Crippen molar-refractivity contribution >= 4 is 33.0 Å². The van der Waals surface area contributed by atoms with Crippen molar-refractivity contribution in [3.8, 4) is 0 Å². The summed E-state index contributed by atoms with van der Waals surface area (Å²) in [5.41, 5.74) is 1.47. The Morgan fingerprint density at radius 3 is 2.41 bits per heavy atom. The molecule has 0 aromatic heterocycles. The number of aryl methyl sites for hydroxylation is 1. The molecule has 0 atom stereocenters. The van der Waals surface area contributed by atoms with E-state index in [1.165, 1.54) is 42.5 Å². The minimum atomic E-state index is -4.05. The van der Waals surface area contributed by atoms with Gasteiger partial charge in [0, 0.05) is 23.4 Å². The lowest BCUT2D eigenvalue weighted by molar-refractivity contribution is -0.384. The van der Waals surface area contributed by atoms with Crippen LogP contribution in [0.15, 0.2) is 77.7 Å². The zero-order valence-corrected chi connectivity index (χ0v) is 16.1. The number of non-ortho nitro benzene ring substituents is 1. The predicted octanol–water partition coefficient (Wildman–Crippen LogP) is 3.96. The summed E-state index contributed by atoms with van der Waals surface area (Å²) in [5.74, 6) is -0.452. The van der Waals surface area contributed by atoms with Crippen molar-refractivity contribution in [2.45, 2.75) is 11.8 Å². The first-order chi connectivity index (χ1) is 13.8. The van der Waals surface area contributed by atoms with Gasteiger partial charge in [0.25, 0.3) is 21.6 Å². The third kappa shape index (κ3) is 4.77. The number of benzene rings is 3. The van der Waals surface area contributed by atoms with Gasteiger partial charge in [-0.25, -0.2) is 8.42 Å². The molecular weight excluding hydrogens is 394 g/mol.